The highest BCUT2D eigenvalue weighted by atomic mass is 16.5. The third-order valence-corrected chi connectivity index (χ3v) is 9.77. The van der Waals surface area contributed by atoms with Crippen molar-refractivity contribution >= 4 is 27.8 Å². The van der Waals surface area contributed by atoms with Crippen LogP contribution in [0.25, 0.3) is 33.5 Å². The molecule has 2 fully saturated rings. The van der Waals surface area contributed by atoms with Crippen LogP contribution in [0.1, 0.15) is 54.4 Å². The minimum Gasteiger partial charge on any atom is -0.494 e. The van der Waals surface area contributed by atoms with Crippen LogP contribution in [0.4, 0.5) is 0 Å². The van der Waals surface area contributed by atoms with E-state index < -0.39 is 0 Å². The van der Waals surface area contributed by atoms with E-state index in [1.54, 1.807) is 7.11 Å². The molecule has 0 radical (unpaired) electrons. The number of nitrogens with two attached hydrogens (primary N) is 1. The Kier molecular flexibility index (Phi) is 6.10. The Morgan fingerprint density at radius 1 is 1.02 bits per heavy atom. The summed E-state index contributed by atoms with van der Waals surface area (Å²) >= 11 is 0. The molecule has 1 saturated heterocycles. The Balaban J connectivity index is 1.32. The Bertz CT molecular complexity index is 1810. The Labute approximate surface area is 244 Å². The molecule has 3 aliphatic rings. The number of benzene rings is 2. The second kappa shape index (κ2) is 10.0. The second-order valence-corrected chi connectivity index (χ2v) is 12.3. The van der Waals surface area contributed by atoms with Crippen LogP contribution in [0.5, 0.6) is 5.75 Å². The predicted octanol–water partition coefficient (Wildman–Crippen LogP) is 5.05. The van der Waals surface area contributed by atoms with Gasteiger partial charge in [0.1, 0.15) is 11.3 Å². The fourth-order valence-corrected chi connectivity index (χ4v) is 7.63. The standard InChI is InChI=1S/C33H37N7O2/c1-42-29-16-24(33(41)39-20-23-10-11-27(39)30(23)34)14-25-31(29)40-19-21-17-35-37(18-21)12-6-2-3-7-13-38-26-9-5-4-8-22(26)15-28(38)32(40)36-25/h4-5,8-9,14-18,23,27,30H,2-3,6-7,10-13,19-20,34H2,1H3/t23?,27?,30-/m1/s1. The number of piperidine rings is 1. The molecule has 9 heteroatoms. The molecule has 0 spiro atoms. The second-order valence-electron chi connectivity index (χ2n) is 12.3. The molecule has 3 atom stereocenters. The van der Waals surface area contributed by atoms with Gasteiger partial charge >= 0.3 is 0 Å². The van der Waals surface area contributed by atoms with E-state index in [0.29, 0.717) is 23.8 Å². The summed E-state index contributed by atoms with van der Waals surface area (Å²) in [7, 11) is 1.68. The number of rotatable bonds is 2. The van der Waals surface area contributed by atoms with Crippen LogP contribution in [0.2, 0.25) is 0 Å². The average Bonchev–Trinajstić information content (AvgIpc) is 3.83. The van der Waals surface area contributed by atoms with E-state index in [9.17, 15) is 4.79 Å². The van der Waals surface area contributed by atoms with Gasteiger partial charge in [-0.2, -0.15) is 5.10 Å². The van der Waals surface area contributed by atoms with Crippen LogP contribution in [-0.4, -0.2) is 60.4 Å². The first-order valence-electron chi connectivity index (χ1n) is 15.3. The van der Waals surface area contributed by atoms with Crippen molar-refractivity contribution in [3.63, 3.8) is 0 Å². The summed E-state index contributed by atoms with van der Waals surface area (Å²) in [6.45, 7) is 3.18. The summed E-state index contributed by atoms with van der Waals surface area (Å²) in [5.74, 6) is 1.94. The molecule has 4 bridgehead atoms. The number of carbonyl (C=O) groups is 1. The number of ether oxygens (including phenoxy) is 1. The molecule has 2 N–H and O–H groups in total. The summed E-state index contributed by atoms with van der Waals surface area (Å²) in [6.07, 6.45) is 10.8. The zero-order valence-electron chi connectivity index (χ0n) is 24.1. The lowest BCUT2D eigenvalue weighted by Crippen LogP contribution is -2.41. The molecule has 1 aliphatic carbocycles. The number of carbonyl (C=O) groups excluding carboxylic acids is 1. The van der Waals surface area contributed by atoms with Crippen LogP contribution in [0.3, 0.4) is 0 Å². The number of hydrogen-bond acceptors (Lipinski definition) is 5. The Morgan fingerprint density at radius 2 is 1.88 bits per heavy atom. The van der Waals surface area contributed by atoms with Crippen molar-refractivity contribution in [2.24, 2.45) is 11.7 Å². The van der Waals surface area contributed by atoms with Crippen LogP contribution >= 0.6 is 0 Å². The molecule has 1 saturated carbocycles. The highest BCUT2D eigenvalue weighted by Gasteiger charge is 2.47. The first-order valence-corrected chi connectivity index (χ1v) is 15.3. The van der Waals surface area contributed by atoms with Gasteiger partial charge in [-0.15, -0.1) is 0 Å². The van der Waals surface area contributed by atoms with Gasteiger partial charge in [0.25, 0.3) is 5.91 Å². The van der Waals surface area contributed by atoms with E-state index in [1.165, 1.54) is 17.3 Å². The van der Waals surface area contributed by atoms with Gasteiger partial charge in [-0.1, -0.05) is 31.0 Å². The largest absolute Gasteiger partial charge is 0.494 e. The number of aryl methyl sites for hydroxylation is 2. The van der Waals surface area contributed by atoms with Gasteiger partial charge in [-0.25, -0.2) is 4.98 Å². The monoisotopic (exact) mass is 563 g/mol. The van der Waals surface area contributed by atoms with Crippen LogP contribution in [0, 0.1) is 5.92 Å². The molecule has 9 nitrogen and oxygen atoms in total. The lowest BCUT2D eigenvalue weighted by Gasteiger charge is -2.27. The summed E-state index contributed by atoms with van der Waals surface area (Å²) in [6, 6.07) is 14.9. The first kappa shape index (κ1) is 25.6. The van der Waals surface area contributed by atoms with Gasteiger partial charge in [0.05, 0.1) is 31.1 Å². The van der Waals surface area contributed by atoms with Crippen molar-refractivity contribution in [2.45, 2.75) is 70.2 Å². The zero-order chi connectivity index (χ0) is 28.4. The predicted molar refractivity (Wildman–Crippen MR) is 163 cm³/mol. The van der Waals surface area contributed by atoms with Gasteiger partial charge in [0.2, 0.25) is 0 Å². The van der Waals surface area contributed by atoms with Gasteiger partial charge in [-0.3, -0.25) is 9.48 Å². The molecular formula is C33H37N7O2. The summed E-state index contributed by atoms with van der Waals surface area (Å²) in [5.41, 5.74) is 12.1. The van der Waals surface area contributed by atoms with E-state index in [4.69, 9.17) is 15.5 Å². The first-order chi connectivity index (χ1) is 20.6. The average molecular weight is 564 g/mol. The maximum atomic E-state index is 13.8. The number of nitrogens with zero attached hydrogens (tertiary/aromatic N) is 6. The minimum atomic E-state index is 0.0164. The Hall–Kier alpha value is -4.11. The van der Waals surface area contributed by atoms with E-state index in [1.807, 2.05) is 23.2 Å². The fraction of sp³-hybridized carbons (Fsp3) is 0.424. The van der Waals surface area contributed by atoms with Gasteiger partial charge in [0, 0.05) is 59.9 Å². The molecule has 3 aromatic heterocycles. The summed E-state index contributed by atoms with van der Waals surface area (Å²) in [5, 5.41) is 5.86. The topological polar surface area (TPSA) is 96.1 Å². The lowest BCUT2D eigenvalue weighted by atomic mass is 10.1. The van der Waals surface area contributed by atoms with Crippen molar-refractivity contribution in [3.05, 3.63) is 66.0 Å². The molecule has 5 aromatic rings. The van der Waals surface area contributed by atoms with E-state index in [0.717, 1.165) is 79.9 Å². The SMILES string of the molecule is COc1cc(C(=O)N2CC3CCC2[C@@H]3N)cc2nc3n(c12)Cc1cnn(c1)CCCCCCn1c-3cc2ccccc21. The quantitative estimate of drug-likeness (QED) is 0.324. The van der Waals surface area contributed by atoms with Gasteiger partial charge in [-0.05, 0) is 55.9 Å². The third kappa shape index (κ3) is 4.05. The maximum Gasteiger partial charge on any atom is 0.254 e. The number of imidazole rings is 1. The van der Waals surface area contributed by atoms with Crippen LogP contribution < -0.4 is 10.5 Å². The van der Waals surface area contributed by atoms with Crippen molar-refractivity contribution in [1.29, 1.82) is 0 Å². The molecular weight excluding hydrogens is 526 g/mol. The fourth-order valence-electron chi connectivity index (χ4n) is 7.63. The molecule has 216 valence electrons. The molecule has 42 heavy (non-hydrogen) atoms. The number of hydrogen-bond donors (Lipinski definition) is 1. The van der Waals surface area contributed by atoms with E-state index >= 15 is 0 Å². The minimum absolute atomic E-state index is 0.0164. The van der Waals surface area contributed by atoms with E-state index in [-0.39, 0.29) is 18.0 Å². The molecule has 1 amide bonds. The maximum absolute atomic E-state index is 13.8. The highest BCUT2D eigenvalue weighted by Crippen LogP contribution is 2.39. The van der Waals surface area contributed by atoms with Crippen LogP contribution in [-0.2, 0) is 19.6 Å². The van der Waals surface area contributed by atoms with Crippen molar-refractivity contribution in [2.75, 3.05) is 13.7 Å². The molecule has 2 aromatic carbocycles. The molecule has 8 rings (SSSR count). The summed E-state index contributed by atoms with van der Waals surface area (Å²) in [4.78, 5) is 21.1. The number of likely N-dealkylation sites (tertiary alicyclic amines) is 1. The molecule has 2 unspecified atom stereocenters. The number of methoxy groups -OCH3 is 1. The normalized spacial score (nSPS) is 22.3. The van der Waals surface area contributed by atoms with E-state index in [2.05, 4.69) is 55.4 Å². The van der Waals surface area contributed by atoms with Crippen molar-refractivity contribution in [1.82, 2.24) is 28.8 Å². The van der Waals surface area contributed by atoms with Crippen LogP contribution in [0.15, 0.2) is 54.9 Å². The van der Waals surface area contributed by atoms with Crippen molar-refractivity contribution < 1.29 is 9.53 Å². The highest BCUT2D eigenvalue weighted by molar-refractivity contribution is 6.00. The lowest BCUT2D eigenvalue weighted by molar-refractivity contribution is 0.0700. The van der Waals surface area contributed by atoms with Gasteiger partial charge < -0.3 is 24.5 Å². The number of aromatic nitrogens is 5. The number of amides is 1. The number of fused-ring (bicyclic) bond motifs is 11. The third-order valence-electron chi connectivity index (χ3n) is 9.77. The molecule has 5 heterocycles. The zero-order valence-corrected chi connectivity index (χ0v) is 24.1. The number of para-hydroxylation sites is 1. The summed E-state index contributed by atoms with van der Waals surface area (Å²) < 4.78 is 12.7. The van der Waals surface area contributed by atoms with Gasteiger partial charge in [0.15, 0.2) is 5.82 Å². The molecule has 2 aliphatic heterocycles. The smallest absolute Gasteiger partial charge is 0.254 e. The Morgan fingerprint density at radius 3 is 2.69 bits per heavy atom. The van der Waals surface area contributed by atoms with Crippen molar-refractivity contribution in [3.8, 4) is 17.3 Å².